The van der Waals surface area contributed by atoms with E-state index < -0.39 is 17.8 Å². The predicted octanol–water partition coefficient (Wildman–Crippen LogP) is 1.76. The minimum atomic E-state index is -0.911. The molecule has 1 aromatic rings. The average Bonchev–Trinajstić information content (AvgIpc) is 3.40. The molecule has 26 heavy (non-hydrogen) atoms. The fourth-order valence-electron chi connectivity index (χ4n) is 3.30. The third-order valence-corrected chi connectivity index (χ3v) is 5.02. The van der Waals surface area contributed by atoms with E-state index in [2.05, 4.69) is 0 Å². The van der Waals surface area contributed by atoms with Gasteiger partial charge in [-0.1, -0.05) is 6.92 Å². The number of nitrogens with zero attached hydrogens (tertiary/aromatic N) is 2. The lowest BCUT2D eigenvalue weighted by molar-refractivity contribution is -0.144. The minimum absolute atomic E-state index is 0.0875. The first-order valence-corrected chi connectivity index (χ1v) is 8.88. The zero-order chi connectivity index (χ0) is 18.8. The van der Waals surface area contributed by atoms with Crippen LogP contribution in [0, 0.1) is 11.8 Å². The Morgan fingerprint density at radius 3 is 2.50 bits per heavy atom. The van der Waals surface area contributed by atoms with Crippen LogP contribution in [0.1, 0.15) is 26.2 Å². The van der Waals surface area contributed by atoms with Crippen molar-refractivity contribution in [2.24, 2.45) is 11.8 Å². The van der Waals surface area contributed by atoms with E-state index in [4.69, 9.17) is 9.84 Å². The Balaban J connectivity index is 1.69. The highest BCUT2D eigenvalue weighted by Gasteiger charge is 2.42. The minimum Gasteiger partial charge on any atom is -0.497 e. The van der Waals surface area contributed by atoms with Crippen LogP contribution in [0.15, 0.2) is 24.3 Å². The van der Waals surface area contributed by atoms with E-state index in [-0.39, 0.29) is 30.8 Å². The number of benzene rings is 1. The normalized spacial score (nSPS) is 20.8. The third-order valence-electron chi connectivity index (χ3n) is 5.02. The van der Waals surface area contributed by atoms with Gasteiger partial charge in [0, 0.05) is 31.2 Å². The molecule has 2 atom stereocenters. The summed E-state index contributed by atoms with van der Waals surface area (Å²) in [6, 6.07) is 7.28. The Bertz CT molecular complexity index is 698. The van der Waals surface area contributed by atoms with Gasteiger partial charge in [-0.3, -0.25) is 14.4 Å². The highest BCUT2D eigenvalue weighted by atomic mass is 16.5. The first-order chi connectivity index (χ1) is 12.4. The smallest absolute Gasteiger partial charge is 0.308 e. The van der Waals surface area contributed by atoms with E-state index in [9.17, 15) is 14.4 Å². The van der Waals surface area contributed by atoms with Gasteiger partial charge in [-0.05, 0) is 37.1 Å². The van der Waals surface area contributed by atoms with Crippen LogP contribution in [0.5, 0.6) is 5.75 Å². The molecule has 0 aromatic heterocycles. The number of carboxylic acid groups (broad SMARTS) is 1. The van der Waals surface area contributed by atoms with Gasteiger partial charge in [0.25, 0.3) is 0 Å². The molecule has 2 aliphatic rings. The number of methoxy groups -OCH3 is 1. The molecule has 1 heterocycles. The number of aliphatic carboxylic acids is 1. The van der Waals surface area contributed by atoms with Crippen LogP contribution in [-0.2, 0) is 14.4 Å². The summed E-state index contributed by atoms with van der Waals surface area (Å²) in [7, 11) is 1.58. The van der Waals surface area contributed by atoms with Gasteiger partial charge in [0.15, 0.2) is 0 Å². The Hall–Kier alpha value is -2.57. The molecule has 1 aliphatic heterocycles. The molecule has 1 aromatic carbocycles. The van der Waals surface area contributed by atoms with Gasteiger partial charge >= 0.3 is 5.97 Å². The Labute approximate surface area is 152 Å². The number of rotatable bonds is 7. The van der Waals surface area contributed by atoms with E-state index in [0.29, 0.717) is 12.3 Å². The van der Waals surface area contributed by atoms with Crippen LogP contribution >= 0.6 is 0 Å². The molecule has 2 amide bonds. The number of carbonyl (C=O) groups is 3. The first kappa shape index (κ1) is 18.2. The second-order valence-corrected chi connectivity index (χ2v) is 7.06. The lowest BCUT2D eigenvalue weighted by Crippen LogP contribution is -2.42. The Morgan fingerprint density at radius 1 is 1.31 bits per heavy atom. The molecule has 1 saturated heterocycles. The molecular formula is C19H24N2O5. The molecule has 7 heteroatoms. The largest absolute Gasteiger partial charge is 0.497 e. The molecule has 0 spiro atoms. The van der Waals surface area contributed by atoms with Crippen LogP contribution < -0.4 is 9.64 Å². The molecular weight excluding hydrogens is 336 g/mol. The zero-order valence-corrected chi connectivity index (χ0v) is 15.1. The van der Waals surface area contributed by atoms with Crippen molar-refractivity contribution >= 4 is 23.5 Å². The van der Waals surface area contributed by atoms with E-state index >= 15 is 0 Å². The first-order valence-electron chi connectivity index (χ1n) is 8.88. The Kier molecular flexibility index (Phi) is 5.15. The summed E-state index contributed by atoms with van der Waals surface area (Å²) in [6.07, 6.45) is 1.97. The van der Waals surface area contributed by atoms with Gasteiger partial charge in [0.2, 0.25) is 11.8 Å². The van der Waals surface area contributed by atoms with E-state index in [1.165, 1.54) is 0 Å². The zero-order valence-electron chi connectivity index (χ0n) is 15.1. The molecule has 1 saturated carbocycles. The van der Waals surface area contributed by atoms with Gasteiger partial charge in [-0.2, -0.15) is 0 Å². The van der Waals surface area contributed by atoms with Crippen molar-refractivity contribution in [2.75, 3.05) is 25.1 Å². The van der Waals surface area contributed by atoms with Crippen molar-refractivity contribution in [3.05, 3.63) is 24.3 Å². The standard InChI is InChI=1S/C19H24N2O5/c1-12(19(24)25)10-21(15-3-4-15)18(23)13-9-17(22)20(11-13)14-5-7-16(26-2)8-6-14/h5-8,12-13,15H,3-4,9-11H2,1-2H3,(H,24,25). The van der Waals surface area contributed by atoms with Gasteiger partial charge in [0.05, 0.1) is 18.9 Å². The molecule has 1 aliphatic carbocycles. The highest BCUT2D eigenvalue weighted by molar-refractivity contribution is 6.00. The fourth-order valence-corrected chi connectivity index (χ4v) is 3.30. The maximum atomic E-state index is 12.9. The van der Waals surface area contributed by atoms with Gasteiger partial charge in [-0.15, -0.1) is 0 Å². The van der Waals surface area contributed by atoms with Crippen molar-refractivity contribution in [1.29, 1.82) is 0 Å². The predicted molar refractivity (Wildman–Crippen MR) is 95.0 cm³/mol. The molecule has 7 nitrogen and oxygen atoms in total. The molecule has 0 bridgehead atoms. The third kappa shape index (κ3) is 3.81. The van der Waals surface area contributed by atoms with Gasteiger partial charge in [0.1, 0.15) is 5.75 Å². The van der Waals surface area contributed by atoms with Crippen molar-refractivity contribution in [2.45, 2.75) is 32.2 Å². The number of hydrogen-bond donors (Lipinski definition) is 1. The number of amides is 2. The summed E-state index contributed by atoms with van der Waals surface area (Å²) >= 11 is 0. The molecule has 1 N–H and O–H groups in total. The SMILES string of the molecule is COc1ccc(N2CC(C(=O)N(CC(C)C(=O)O)C3CC3)CC2=O)cc1. The summed E-state index contributed by atoms with van der Waals surface area (Å²) in [5, 5.41) is 9.15. The van der Waals surface area contributed by atoms with Crippen molar-refractivity contribution in [3.63, 3.8) is 0 Å². The van der Waals surface area contributed by atoms with E-state index in [1.54, 1.807) is 48.1 Å². The van der Waals surface area contributed by atoms with Crippen LogP contribution in [0.4, 0.5) is 5.69 Å². The maximum Gasteiger partial charge on any atom is 0.308 e. The Morgan fingerprint density at radius 2 is 1.96 bits per heavy atom. The van der Waals surface area contributed by atoms with Crippen LogP contribution in [0.2, 0.25) is 0 Å². The highest BCUT2D eigenvalue weighted by Crippen LogP contribution is 2.33. The summed E-state index contributed by atoms with van der Waals surface area (Å²) < 4.78 is 5.13. The second-order valence-electron chi connectivity index (χ2n) is 7.06. The molecule has 0 radical (unpaired) electrons. The lowest BCUT2D eigenvalue weighted by Gasteiger charge is -2.27. The quantitative estimate of drug-likeness (QED) is 0.801. The van der Waals surface area contributed by atoms with Crippen molar-refractivity contribution in [3.8, 4) is 5.75 Å². The number of ether oxygens (including phenoxy) is 1. The van der Waals surface area contributed by atoms with Crippen molar-refractivity contribution < 1.29 is 24.2 Å². The van der Waals surface area contributed by atoms with Gasteiger partial charge in [-0.25, -0.2) is 0 Å². The summed E-state index contributed by atoms with van der Waals surface area (Å²) in [5.74, 6) is -1.44. The van der Waals surface area contributed by atoms with Crippen LogP contribution in [-0.4, -0.2) is 54.0 Å². The van der Waals surface area contributed by atoms with E-state index in [1.807, 2.05) is 0 Å². The van der Waals surface area contributed by atoms with E-state index in [0.717, 1.165) is 18.5 Å². The molecule has 3 rings (SSSR count). The van der Waals surface area contributed by atoms with Gasteiger partial charge < -0.3 is 19.6 Å². The summed E-state index contributed by atoms with van der Waals surface area (Å²) in [5.41, 5.74) is 0.739. The average molecular weight is 360 g/mol. The topological polar surface area (TPSA) is 87.2 Å². The molecule has 140 valence electrons. The summed E-state index contributed by atoms with van der Waals surface area (Å²) in [4.78, 5) is 39.8. The maximum absolute atomic E-state index is 12.9. The monoisotopic (exact) mass is 360 g/mol. The lowest BCUT2D eigenvalue weighted by atomic mass is 10.1. The number of carbonyl (C=O) groups excluding carboxylic acids is 2. The second kappa shape index (κ2) is 7.35. The number of carboxylic acids is 1. The molecule has 2 fully saturated rings. The van der Waals surface area contributed by atoms with Crippen LogP contribution in [0.25, 0.3) is 0 Å². The fraction of sp³-hybridized carbons (Fsp3) is 0.526. The summed E-state index contributed by atoms with van der Waals surface area (Å²) in [6.45, 7) is 2.13. The number of anilines is 1. The van der Waals surface area contributed by atoms with Crippen molar-refractivity contribution in [1.82, 2.24) is 4.90 Å². The number of hydrogen-bond acceptors (Lipinski definition) is 4. The van der Waals surface area contributed by atoms with Crippen LogP contribution in [0.3, 0.4) is 0 Å². The molecule has 2 unspecified atom stereocenters.